The Kier molecular flexibility index (Phi) is 3.64. The molecule has 3 fully saturated rings. The number of benzene rings is 1. The first kappa shape index (κ1) is 15.9. The second-order valence-corrected chi connectivity index (χ2v) is 8.63. The number of hydrogen-bond acceptors (Lipinski definition) is 3. The van der Waals surface area contributed by atoms with E-state index in [0.717, 1.165) is 31.2 Å². The number of rotatable bonds is 4. The molecule has 4 nitrogen and oxygen atoms in total. The molecule has 1 aromatic rings. The molecule has 2 aliphatic carbocycles. The fraction of sp³-hybridized carbons (Fsp3) is 0.650. The van der Waals surface area contributed by atoms with E-state index in [2.05, 4.69) is 18.2 Å². The van der Waals surface area contributed by atoms with Crippen molar-refractivity contribution in [3.05, 3.63) is 29.8 Å². The number of ether oxygens (including phenoxy) is 1. The molecule has 1 aliphatic heterocycles. The Balaban J connectivity index is 1.23. The maximum atomic E-state index is 12.4. The van der Waals surface area contributed by atoms with E-state index in [0.29, 0.717) is 18.3 Å². The van der Waals surface area contributed by atoms with Crippen molar-refractivity contribution in [3.8, 4) is 5.75 Å². The molecule has 0 atom stereocenters. The molecule has 3 aliphatic rings. The Morgan fingerprint density at radius 2 is 2.00 bits per heavy atom. The molecule has 1 spiro atoms. The van der Waals surface area contributed by atoms with Crippen LogP contribution in [0.25, 0.3) is 0 Å². The highest BCUT2D eigenvalue weighted by molar-refractivity contribution is 5.81. The summed E-state index contributed by atoms with van der Waals surface area (Å²) in [7, 11) is 1.71. The number of carbonyl (C=O) groups is 1. The molecule has 0 unspecified atom stereocenters. The predicted molar refractivity (Wildman–Crippen MR) is 91.8 cm³/mol. The average molecular weight is 329 g/mol. The second-order valence-electron chi connectivity index (χ2n) is 8.63. The summed E-state index contributed by atoms with van der Waals surface area (Å²) in [6.45, 7) is 3.68. The molecule has 2 saturated carbocycles. The lowest BCUT2D eigenvalue weighted by Crippen LogP contribution is -2.66. The van der Waals surface area contributed by atoms with Crippen molar-refractivity contribution in [2.24, 2.45) is 17.3 Å². The highest BCUT2D eigenvalue weighted by atomic mass is 16.5. The maximum Gasteiger partial charge on any atom is 0.225 e. The van der Waals surface area contributed by atoms with Gasteiger partial charge in [-0.05, 0) is 62.6 Å². The van der Waals surface area contributed by atoms with Crippen molar-refractivity contribution in [2.45, 2.75) is 44.6 Å². The van der Waals surface area contributed by atoms with E-state index < -0.39 is 5.60 Å². The third kappa shape index (κ3) is 2.81. The summed E-state index contributed by atoms with van der Waals surface area (Å²) in [5.41, 5.74) is 1.13. The van der Waals surface area contributed by atoms with Gasteiger partial charge in [0.1, 0.15) is 5.75 Å². The third-order valence-electron chi connectivity index (χ3n) is 6.19. The van der Waals surface area contributed by atoms with Crippen molar-refractivity contribution in [1.29, 1.82) is 0 Å². The van der Waals surface area contributed by atoms with Crippen molar-refractivity contribution in [1.82, 2.24) is 4.90 Å². The van der Waals surface area contributed by atoms with Crippen LogP contribution < -0.4 is 4.74 Å². The summed E-state index contributed by atoms with van der Waals surface area (Å²) in [6.07, 6.45) is 4.84. The zero-order valence-electron chi connectivity index (χ0n) is 14.6. The van der Waals surface area contributed by atoms with Gasteiger partial charge in [0.05, 0.1) is 12.7 Å². The van der Waals surface area contributed by atoms with Gasteiger partial charge >= 0.3 is 0 Å². The molecule has 130 valence electrons. The zero-order chi connectivity index (χ0) is 16.9. The molecule has 24 heavy (non-hydrogen) atoms. The number of amides is 1. The Bertz CT molecular complexity index is 632. The van der Waals surface area contributed by atoms with Gasteiger partial charge in [-0.15, -0.1) is 0 Å². The fourth-order valence-corrected chi connectivity index (χ4v) is 5.05. The summed E-state index contributed by atoms with van der Waals surface area (Å²) in [6, 6.07) is 8.34. The number of nitrogens with zero attached hydrogens (tertiary/aromatic N) is 1. The van der Waals surface area contributed by atoms with Crippen LogP contribution in [-0.4, -0.2) is 41.7 Å². The van der Waals surface area contributed by atoms with Gasteiger partial charge in [0.25, 0.3) is 0 Å². The molecule has 1 saturated heterocycles. The van der Waals surface area contributed by atoms with Crippen LogP contribution in [0.4, 0.5) is 0 Å². The minimum atomic E-state index is -0.610. The standard InChI is InChI=1S/C20H27NO3/c1-19(23)10-16(11-19)18(22)21-12-20(13-21)8-15(9-20)6-14-4-3-5-17(7-14)24-2/h3-5,7,15-16,23H,6,8-13H2,1-2H3/t16-,19+. The first-order chi connectivity index (χ1) is 11.4. The summed E-state index contributed by atoms with van der Waals surface area (Å²) < 4.78 is 5.29. The van der Waals surface area contributed by atoms with Crippen LogP contribution in [0.1, 0.15) is 38.2 Å². The van der Waals surface area contributed by atoms with Gasteiger partial charge in [0, 0.05) is 24.4 Å². The van der Waals surface area contributed by atoms with Crippen LogP contribution >= 0.6 is 0 Å². The van der Waals surface area contributed by atoms with Crippen LogP contribution in [0, 0.1) is 17.3 Å². The smallest absolute Gasteiger partial charge is 0.225 e. The van der Waals surface area contributed by atoms with Crippen LogP contribution in [0.2, 0.25) is 0 Å². The Morgan fingerprint density at radius 3 is 2.62 bits per heavy atom. The van der Waals surface area contributed by atoms with E-state index in [1.165, 1.54) is 18.4 Å². The molecule has 1 amide bonds. The zero-order valence-corrected chi connectivity index (χ0v) is 14.6. The van der Waals surface area contributed by atoms with Crippen molar-refractivity contribution < 1.29 is 14.6 Å². The predicted octanol–water partition coefficient (Wildman–Crippen LogP) is 2.64. The first-order valence-corrected chi connectivity index (χ1v) is 9.02. The van der Waals surface area contributed by atoms with Crippen LogP contribution in [0.3, 0.4) is 0 Å². The van der Waals surface area contributed by atoms with Crippen LogP contribution in [-0.2, 0) is 11.2 Å². The van der Waals surface area contributed by atoms with Crippen LogP contribution in [0.15, 0.2) is 24.3 Å². The second kappa shape index (κ2) is 5.48. The molecular formula is C20H27NO3. The topological polar surface area (TPSA) is 49.8 Å². The van der Waals surface area contributed by atoms with E-state index >= 15 is 0 Å². The Morgan fingerprint density at radius 1 is 1.29 bits per heavy atom. The van der Waals surface area contributed by atoms with Gasteiger partial charge in [-0.3, -0.25) is 4.79 Å². The quantitative estimate of drug-likeness (QED) is 0.924. The number of carbonyl (C=O) groups excluding carboxylic acids is 1. The molecule has 4 rings (SSSR count). The molecule has 1 heterocycles. The largest absolute Gasteiger partial charge is 0.497 e. The van der Waals surface area contributed by atoms with Crippen molar-refractivity contribution in [2.75, 3.05) is 20.2 Å². The molecule has 1 N–H and O–H groups in total. The summed E-state index contributed by atoms with van der Waals surface area (Å²) >= 11 is 0. The molecule has 0 aromatic heterocycles. The van der Waals surface area contributed by atoms with Gasteiger partial charge in [-0.2, -0.15) is 0 Å². The normalized spacial score (nSPS) is 31.1. The number of aliphatic hydroxyl groups is 1. The first-order valence-electron chi connectivity index (χ1n) is 9.02. The highest BCUT2D eigenvalue weighted by Gasteiger charge is 2.55. The monoisotopic (exact) mass is 329 g/mol. The van der Waals surface area contributed by atoms with E-state index in [1.807, 2.05) is 17.9 Å². The third-order valence-corrected chi connectivity index (χ3v) is 6.19. The van der Waals surface area contributed by atoms with E-state index in [9.17, 15) is 9.90 Å². The number of hydrogen-bond donors (Lipinski definition) is 1. The molecule has 0 bridgehead atoms. The van der Waals surface area contributed by atoms with Gasteiger partial charge in [-0.1, -0.05) is 12.1 Å². The highest BCUT2D eigenvalue weighted by Crippen LogP contribution is 2.54. The molecule has 1 aromatic carbocycles. The fourth-order valence-electron chi connectivity index (χ4n) is 5.05. The summed E-state index contributed by atoms with van der Waals surface area (Å²) in [5.74, 6) is 1.99. The minimum Gasteiger partial charge on any atom is -0.497 e. The Labute approximate surface area is 143 Å². The lowest BCUT2D eigenvalue weighted by atomic mass is 9.56. The lowest BCUT2D eigenvalue weighted by Gasteiger charge is -2.60. The maximum absolute atomic E-state index is 12.4. The Hall–Kier alpha value is -1.55. The van der Waals surface area contributed by atoms with E-state index in [1.54, 1.807) is 7.11 Å². The summed E-state index contributed by atoms with van der Waals surface area (Å²) in [5, 5.41) is 9.80. The number of likely N-dealkylation sites (tertiary alicyclic amines) is 1. The molecule has 0 radical (unpaired) electrons. The van der Waals surface area contributed by atoms with Gasteiger partial charge in [0.2, 0.25) is 5.91 Å². The van der Waals surface area contributed by atoms with Crippen LogP contribution in [0.5, 0.6) is 5.75 Å². The van der Waals surface area contributed by atoms with E-state index in [-0.39, 0.29) is 11.8 Å². The van der Waals surface area contributed by atoms with Gasteiger partial charge in [-0.25, -0.2) is 0 Å². The lowest BCUT2D eigenvalue weighted by molar-refractivity contribution is -0.171. The van der Waals surface area contributed by atoms with Crippen molar-refractivity contribution >= 4 is 5.91 Å². The van der Waals surface area contributed by atoms with Gasteiger partial charge in [0.15, 0.2) is 0 Å². The SMILES string of the molecule is COc1cccc(CC2CC3(C2)CN(C(=O)[C@H]2C[C@@](C)(O)C2)C3)c1. The summed E-state index contributed by atoms with van der Waals surface area (Å²) in [4.78, 5) is 14.4. The minimum absolute atomic E-state index is 0.0602. The molecular weight excluding hydrogens is 302 g/mol. The average Bonchev–Trinajstić information content (AvgIpc) is 2.45. The number of methoxy groups -OCH3 is 1. The van der Waals surface area contributed by atoms with Gasteiger partial charge < -0.3 is 14.7 Å². The van der Waals surface area contributed by atoms with Crippen molar-refractivity contribution in [3.63, 3.8) is 0 Å². The molecule has 4 heteroatoms. The van der Waals surface area contributed by atoms with E-state index in [4.69, 9.17) is 4.74 Å².